The fourth-order valence-electron chi connectivity index (χ4n) is 7.64. The van der Waals surface area contributed by atoms with Gasteiger partial charge in [-0.2, -0.15) is 0 Å². The monoisotopic (exact) mass is 656 g/mol. The molecule has 3 heteroatoms. The lowest BCUT2D eigenvalue weighted by molar-refractivity contribution is 1.04. The predicted octanol–water partition coefficient (Wildman–Crippen LogP) is 13.3. The highest BCUT2D eigenvalue weighted by molar-refractivity contribution is 7.26. The molecular weight excluding hydrogens is 625 g/mol. The molecule has 6 aromatic carbocycles. The zero-order chi connectivity index (χ0) is 33.0. The second-order valence-electron chi connectivity index (χ2n) is 13.1. The van der Waals surface area contributed by atoms with Gasteiger partial charge < -0.3 is 0 Å². The molecule has 0 N–H and O–H groups in total. The summed E-state index contributed by atoms with van der Waals surface area (Å²) < 4.78 is 4.97. The van der Waals surface area contributed by atoms with E-state index in [2.05, 4.69) is 168 Å². The molecule has 0 fully saturated rings. The molecule has 0 atom stereocenters. The van der Waals surface area contributed by atoms with E-state index in [0.29, 0.717) is 0 Å². The number of aromatic nitrogens is 2. The summed E-state index contributed by atoms with van der Waals surface area (Å²) in [6, 6.07) is 53.2. The number of rotatable bonds is 5. The number of hydrogen-bond donors (Lipinski definition) is 0. The molecule has 0 saturated heterocycles. The fourth-order valence-corrected chi connectivity index (χ4v) is 8.88. The van der Waals surface area contributed by atoms with Crippen LogP contribution in [0.4, 0.5) is 0 Å². The van der Waals surface area contributed by atoms with Crippen LogP contribution >= 0.6 is 11.3 Å². The van der Waals surface area contributed by atoms with Crippen molar-refractivity contribution in [2.24, 2.45) is 0 Å². The molecule has 0 bridgehead atoms. The van der Waals surface area contributed by atoms with Crippen LogP contribution < -0.4 is 0 Å². The Morgan fingerprint density at radius 3 is 2.08 bits per heavy atom. The van der Waals surface area contributed by atoms with Crippen LogP contribution in [0.3, 0.4) is 0 Å². The van der Waals surface area contributed by atoms with Crippen LogP contribution in [-0.4, -0.2) is 9.55 Å². The van der Waals surface area contributed by atoms with Crippen molar-refractivity contribution in [1.29, 1.82) is 0 Å². The molecule has 0 spiro atoms. The second kappa shape index (κ2) is 11.8. The van der Waals surface area contributed by atoms with E-state index in [1.165, 1.54) is 69.9 Å². The SMILES string of the molecule is C1=CC(c2cccc(-c3ccc(-c4ccnc(-n5c6ccccc6c6cc(-c7cccc8c7sc7ccccc78)ccc65)c4)cc3)c2)=CCC1. The van der Waals surface area contributed by atoms with Gasteiger partial charge in [0, 0.05) is 37.1 Å². The van der Waals surface area contributed by atoms with E-state index in [-0.39, 0.29) is 0 Å². The average molecular weight is 657 g/mol. The summed E-state index contributed by atoms with van der Waals surface area (Å²) in [4.78, 5) is 4.93. The Morgan fingerprint density at radius 1 is 0.500 bits per heavy atom. The zero-order valence-corrected chi connectivity index (χ0v) is 28.2. The standard InChI is InChI=1S/C47H32N2S/c1-2-10-31(11-3-1)34-12-8-13-35(28-34)32-20-22-33(23-21-32)36-26-27-48-46(30-36)49-43-18-6-4-14-39(43)42-29-37(24-25-44(42)49)38-16-9-17-41-40-15-5-7-19-45(40)50-47(38)41/h2,4-30H,1,3H2. The molecular formula is C47H32N2S. The first-order valence-corrected chi connectivity index (χ1v) is 18.1. The number of hydrogen-bond acceptors (Lipinski definition) is 2. The van der Waals surface area contributed by atoms with Crippen molar-refractivity contribution >= 4 is 58.9 Å². The minimum atomic E-state index is 0.915. The summed E-state index contributed by atoms with van der Waals surface area (Å²) >= 11 is 1.88. The zero-order valence-electron chi connectivity index (χ0n) is 27.4. The molecule has 1 aliphatic rings. The topological polar surface area (TPSA) is 17.8 Å². The molecule has 0 aliphatic heterocycles. The Kier molecular flexibility index (Phi) is 6.85. The van der Waals surface area contributed by atoms with Gasteiger partial charge in [0.1, 0.15) is 5.82 Å². The maximum atomic E-state index is 4.93. The van der Waals surface area contributed by atoms with Gasteiger partial charge in [0.25, 0.3) is 0 Å². The maximum absolute atomic E-state index is 4.93. The number of allylic oxidation sites excluding steroid dienone is 4. The fraction of sp³-hybridized carbons (Fsp3) is 0.0426. The highest BCUT2D eigenvalue weighted by Gasteiger charge is 2.16. The van der Waals surface area contributed by atoms with Crippen molar-refractivity contribution in [3.05, 3.63) is 176 Å². The number of pyridine rings is 1. The first kappa shape index (κ1) is 28.9. The van der Waals surface area contributed by atoms with Crippen LogP contribution in [0.15, 0.2) is 170 Å². The van der Waals surface area contributed by atoms with Crippen LogP contribution in [0.1, 0.15) is 18.4 Å². The first-order chi connectivity index (χ1) is 24.8. The molecule has 10 rings (SSSR count). The minimum absolute atomic E-state index is 0.915. The van der Waals surface area contributed by atoms with Gasteiger partial charge in [0.05, 0.1) is 11.0 Å². The van der Waals surface area contributed by atoms with Crippen LogP contribution in [0, 0.1) is 0 Å². The van der Waals surface area contributed by atoms with Gasteiger partial charge in [-0.25, -0.2) is 4.98 Å². The third kappa shape index (κ3) is 4.81. The van der Waals surface area contributed by atoms with Gasteiger partial charge in [0.2, 0.25) is 0 Å². The number of benzene rings is 6. The summed E-state index contributed by atoms with van der Waals surface area (Å²) in [6.07, 6.45) is 11.0. The summed E-state index contributed by atoms with van der Waals surface area (Å²) in [6.45, 7) is 0. The lowest BCUT2D eigenvalue weighted by Gasteiger charge is -2.11. The van der Waals surface area contributed by atoms with Gasteiger partial charge in [-0.15, -0.1) is 11.3 Å². The van der Waals surface area contributed by atoms with Crippen LogP contribution in [0.25, 0.3) is 86.7 Å². The Balaban J connectivity index is 1.04. The summed E-state index contributed by atoms with van der Waals surface area (Å²) in [7, 11) is 0. The minimum Gasteiger partial charge on any atom is -0.294 e. The molecule has 0 radical (unpaired) electrons. The first-order valence-electron chi connectivity index (χ1n) is 17.3. The molecule has 9 aromatic rings. The van der Waals surface area contributed by atoms with Crippen molar-refractivity contribution in [2.45, 2.75) is 12.8 Å². The third-order valence-electron chi connectivity index (χ3n) is 10.1. The van der Waals surface area contributed by atoms with Crippen LogP contribution in [0.5, 0.6) is 0 Å². The Labute approximate surface area is 294 Å². The number of para-hydroxylation sites is 1. The van der Waals surface area contributed by atoms with E-state index in [9.17, 15) is 0 Å². The smallest absolute Gasteiger partial charge is 0.138 e. The number of fused-ring (bicyclic) bond motifs is 6. The lowest BCUT2D eigenvalue weighted by Crippen LogP contribution is -1.97. The van der Waals surface area contributed by atoms with E-state index in [4.69, 9.17) is 4.98 Å². The Morgan fingerprint density at radius 2 is 1.22 bits per heavy atom. The number of nitrogens with zero attached hydrogens (tertiary/aromatic N) is 2. The largest absolute Gasteiger partial charge is 0.294 e. The highest BCUT2D eigenvalue weighted by Crippen LogP contribution is 2.42. The van der Waals surface area contributed by atoms with E-state index < -0.39 is 0 Å². The highest BCUT2D eigenvalue weighted by atomic mass is 32.1. The average Bonchev–Trinajstić information content (AvgIpc) is 3.74. The normalized spacial score (nSPS) is 13.1. The predicted molar refractivity (Wildman–Crippen MR) is 214 cm³/mol. The van der Waals surface area contributed by atoms with Crippen molar-refractivity contribution in [2.75, 3.05) is 0 Å². The molecule has 0 amide bonds. The number of thiophene rings is 1. The third-order valence-corrected chi connectivity index (χ3v) is 11.3. The molecule has 236 valence electrons. The van der Waals surface area contributed by atoms with E-state index in [0.717, 1.165) is 35.3 Å². The molecule has 1 aliphatic carbocycles. The Hall–Kier alpha value is -6.03. The van der Waals surface area contributed by atoms with Gasteiger partial charge in [-0.3, -0.25) is 4.57 Å². The second-order valence-corrected chi connectivity index (χ2v) is 14.1. The van der Waals surface area contributed by atoms with Gasteiger partial charge in [-0.05, 0) is 99.8 Å². The van der Waals surface area contributed by atoms with Crippen molar-refractivity contribution in [3.63, 3.8) is 0 Å². The Bertz CT molecular complexity index is 2810. The van der Waals surface area contributed by atoms with Crippen molar-refractivity contribution in [1.82, 2.24) is 9.55 Å². The quantitative estimate of drug-likeness (QED) is 0.180. The van der Waals surface area contributed by atoms with Crippen molar-refractivity contribution in [3.8, 4) is 39.2 Å². The maximum Gasteiger partial charge on any atom is 0.138 e. The lowest BCUT2D eigenvalue weighted by atomic mass is 9.95. The van der Waals surface area contributed by atoms with Gasteiger partial charge in [0.15, 0.2) is 0 Å². The van der Waals surface area contributed by atoms with Crippen molar-refractivity contribution < 1.29 is 0 Å². The molecule has 3 heterocycles. The molecule has 2 nitrogen and oxygen atoms in total. The summed E-state index contributed by atoms with van der Waals surface area (Å²) in [5.74, 6) is 0.915. The molecule has 0 saturated carbocycles. The molecule has 0 unspecified atom stereocenters. The van der Waals surface area contributed by atoms with Crippen LogP contribution in [-0.2, 0) is 0 Å². The summed E-state index contributed by atoms with van der Waals surface area (Å²) in [5.41, 5.74) is 12.2. The van der Waals surface area contributed by atoms with Gasteiger partial charge in [-0.1, -0.05) is 121 Å². The van der Waals surface area contributed by atoms with Gasteiger partial charge >= 0.3 is 0 Å². The van der Waals surface area contributed by atoms with E-state index in [1.54, 1.807) is 0 Å². The van der Waals surface area contributed by atoms with E-state index >= 15 is 0 Å². The summed E-state index contributed by atoms with van der Waals surface area (Å²) in [5, 5.41) is 5.11. The molecule has 50 heavy (non-hydrogen) atoms. The van der Waals surface area contributed by atoms with Crippen LogP contribution in [0.2, 0.25) is 0 Å². The molecule has 3 aromatic heterocycles. The van der Waals surface area contributed by atoms with E-state index in [1.807, 2.05) is 17.5 Å².